The lowest BCUT2D eigenvalue weighted by Crippen LogP contribution is -2.25. The van der Waals surface area contributed by atoms with Crippen LogP contribution in [0, 0.1) is 0 Å². The summed E-state index contributed by atoms with van der Waals surface area (Å²) in [4.78, 5) is 11.8. The number of aromatic hydroxyl groups is 1. The van der Waals surface area contributed by atoms with Crippen molar-refractivity contribution in [2.45, 2.75) is 6.42 Å². The van der Waals surface area contributed by atoms with Gasteiger partial charge in [-0.3, -0.25) is 9.48 Å². The number of carbonyl (C=O) groups excluding carboxylic acids is 1. The van der Waals surface area contributed by atoms with Crippen molar-refractivity contribution >= 4 is 17.5 Å². The number of benzene rings is 1. The molecule has 2 aromatic rings. The first-order valence-corrected chi connectivity index (χ1v) is 6.18. The molecule has 5 nitrogen and oxygen atoms in total. The number of amides is 1. The molecule has 0 bridgehead atoms. The highest BCUT2D eigenvalue weighted by molar-refractivity contribution is 6.32. The van der Waals surface area contributed by atoms with Crippen LogP contribution in [0.5, 0.6) is 5.75 Å². The Kier molecular flexibility index (Phi) is 4.06. The summed E-state index contributed by atoms with van der Waals surface area (Å²) in [6.45, 7) is 0.517. The fraction of sp³-hybridized carbons (Fsp3) is 0.231. The number of aromatic nitrogens is 2. The highest BCUT2D eigenvalue weighted by Gasteiger charge is 2.08. The zero-order valence-corrected chi connectivity index (χ0v) is 11.2. The Balaban J connectivity index is 1.89. The molecule has 0 unspecified atom stereocenters. The molecule has 100 valence electrons. The molecule has 1 heterocycles. The fourth-order valence-corrected chi connectivity index (χ4v) is 1.85. The maximum Gasteiger partial charge on any atom is 0.251 e. The summed E-state index contributed by atoms with van der Waals surface area (Å²) in [5.74, 6) is -0.251. The Morgan fingerprint density at radius 3 is 2.95 bits per heavy atom. The monoisotopic (exact) mass is 279 g/mol. The van der Waals surface area contributed by atoms with E-state index in [0.29, 0.717) is 18.5 Å². The molecule has 1 aromatic heterocycles. The third-order valence-corrected chi connectivity index (χ3v) is 2.97. The number of nitrogens with one attached hydrogen (secondary N) is 1. The van der Waals surface area contributed by atoms with Gasteiger partial charge >= 0.3 is 0 Å². The van der Waals surface area contributed by atoms with Crippen molar-refractivity contribution in [3.63, 3.8) is 0 Å². The van der Waals surface area contributed by atoms with E-state index in [1.165, 1.54) is 18.2 Å². The van der Waals surface area contributed by atoms with E-state index >= 15 is 0 Å². The van der Waals surface area contributed by atoms with Crippen LogP contribution in [0.4, 0.5) is 0 Å². The van der Waals surface area contributed by atoms with Gasteiger partial charge in [0.25, 0.3) is 5.91 Å². The van der Waals surface area contributed by atoms with Crippen LogP contribution in [0.15, 0.2) is 30.6 Å². The number of hydrogen-bond donors (Lipinski definition) is 2. The molecule has 1 aromatic carbocycles. The number of rotatable bonds is 4. The third-order valence-electron chi connectivity index (χ3n) is 2.67. The standard InChI is InChI=1S/C13H14ClN3O2/c1-17-8-9(7-16-17)4-5-15-13(19)10-2-3-12(18)11(14)6-10/h2-3,6-8,18H,4-5H2,1H3,(H,15,19). The van der Waals surface area contributed by atoms with E-state index in [1.54, 1.807) is 10.9 Å². The summed E-state index contributed by atoms with van der Waals surface area (Å²) in [6, 6.07) is 4.37. The lowest BCUT2D eigenvalue weighted by Gasteiger charge is -2.05. The molecule has 0 saturated heterocycles. The second kappa shape index (κ2) is 5.75. The van der Waals surface area contributed by atoms with Crippen molar-refractivity contribution in [2.24, 2.45) is 7.05 Å². The van der Waals surface area contributed by atoms with Crippen molar-refractivity contribution in [1.29, 1.82) is 0 Å². The van der Waals surface area contributed by atoms with Gasteiger partial charge in [-0.1, -0.05) is 11.6 Å². The second-order valence-electron chi connectivity index (χ2n) is 4.19. The van der Waals surface area contributed by atoms with E-state index in [2.05, 4.69) is 10.4 Å². The Labute approximate surface area is 115 Å². The summed E-state index contributed by atoms with van der Waals surface area (Å²) in [7, 11) is 1.85. The number of halogens is 1. The smallest absolute Gasteiger partial charge is 0.251 e. The molecule has 0 spiro atoms. The molecule has 0 aliphatic rings. The number of carbonyl (C=O) groups is 1. The van der Waals surface area contributed by atoms with E-state index in [-0.39, 0.29) is 16.7 Å². The first kappa shape index (κ1) is 13.4. The molecule has 0 atom stereocenters. The number of phenols is 1. The molecule has 2 rings (SSSR count). The maximum atomic E-state index is 11.8. The highest BCUT2D eigenvalue weighted by atomic mass is 35.5. The van der Waals surface area contributed by atoms with Gasteiger partial charge in [0.2, 0.25) is 0 Å². The van der Waals surface area contributed by atoms with E-state index < -0.39 is 0 Å². The van der Waals surface area contributed by atoms with Crippen LogP contribution >= 0.6 is 11.6 Å². The van der Waals surface area contributed by atoms with Crippen molar-refractivity contribution in [1.82, 2.24) is 15.1 Å². The highest BCUT2D eigenvalue weighted by Crippen LogP contribution is 2.23. The first-order valence-electron chi connectivity index (χ1n) is 5.80. The molecular weight excluding hydrogens is 266 g/mol. The number of phenolic OH excluding ortho intramolecular Hbond substituents is 1. The molecule has 0 saturated carbocycles. The minimum Gasteiger partial charge on any atom is -0.506 e. The average Bonchev–Trinajstić information content (AvgIpc) is 2.78. The van der Waals surface area contributed by atoms with Gasteiger partial charge in [-0.2, -0.15) is 5.10 Å². The maximum absolute atomic E-state index is 11.8. The molecule has 0 radical (unpaired) electrons. The van der Waals surface area contributed by atoms with Crippen LogP contribution in [0.3, 0.4) is 0 Å². The fourth-order valence-electron chi connectivity index (χ4n) is 1.67. The molecule has 0 aliphatic carbocycles. The number of aryl methyl sites for hydroxylation is 1. The summed E-state index contributed by atoms with van der Waals surface area (Å²) in [6.07, 6.45) is 4.39. The van der Waals surface area contributed by atoms with Gasteiger partial charge < -0.3 is 10.4 Å². The minimum absolute atomic E-state index is 0.0337. The van der Waals surface area contributed by atoms with E-state index in [0.717, 1.165) is 5.56 Å². The van der Waals surface area contributed by atoms with E-state index in [4.69, 9.17) is 11.6 Å². The Morgan fingerprint density at radius 2 is 2.32 bits per heavy atom. The van der Waals surface area contributed by atoms with Crippen molar-refractivity contribution in [3.05, 3.63) is 46.7 Å². The molecule has 2 N–H and O–H groups in total. The normalized spacial score (nSPS) is 10.4. The van der Waals surface area contributed by atoms with Crippen LogP contribution in [0.25, 0.3) is 0 Å². The lowest BCUT2D eigenvalue weighted by atomic mass is 10.2. The first-order chi connectivity index (χ1) is 9.06. The summed E-state index contributed by atoms with van der Waals surface area (Å²) in [5, 5.41) is 16.3. The van der Waals surface area contributed by atoms with Gasteiger partial charge in [0.1, 0.15) is 5.75 Å². The van der Waals surface area contributed by atoms with Gasteiger partial charge in [0.15, 0.2) is 0 Å². The Bertz CT molecular complexity index is 595. The second-order valence-corrected chi connectivity index (χ2v) is 4.60. The van der Waals surface area contributed by atoms with E-state index in [9.17, 15) is 9.90 Å². The molecule has 6 heteroatoms. The number of hydrogen-bond acceptors (Lipinski definition) is 3. The zero-order valence-electron chi connectivity index (χ0n) is 10.4. The van der Waals surface area contributed by atoms with Crippen molar-refractivity contribution in [3.8, 4) is 5.75 Å². The molecule has 0 aliphatic heterocycles. The molecule has 1 amide bonds. The van der Waals surface area contributed by atoms with Gasteiger partial charge in [-0.05, 0) is 30.2 Å². The third kappa shape index (κ3) is 3.48. The zero-order chi connectivity index (χ0) is 13.8. The Hall–Kier alpha value is -2.01. The van der Waals surface area contributed by atoms with Gasteiger partial charge in [0.05, 0.1) is 11.2 Å². The van der Waals surface area contributed by atoms with Gasteiger partial charge in [-0.25, -0.2) is 0 Å². The van der Waals surface area contributed by atoms with Crippen LogP contribution in [-0.2, 0) is 13.5 Å². The Morgan fingerprint density at radius 1 is 1.53 bits per heavy atom. The molecule has 0 fully saturated rings. The predicted molar refractivity (Wildman–Crippen MR) is 72.4 cm³/mol. The minimum atomic E-state index is -0.217. The van der Waals surface area contributed by atoms with Crippen molar-refractivity contribution < 1.29 is 9.90 Å². The predicted octanol–water partition coefficient (Wildman–Crippen LogP) is 1.75. The van der Waals surface area contributed by atoms with Crippen molar-refractivity contribution in [2.75, 3.05) is 6.54 Å². The van der Waals surface area contributed by atoms with Gasteiger partial charge in [0, 0.05) is 25.4 Å². The van der Waals surface area contributed by atoms with Crippen LogP contribution in [0.1, 0.15) is 15.9 Å². The lowest BCUT2D eigenvalue weighted by molar-refractivity contribution is 0.0954. The topological polar surface area (TPSA) is 67.2 Å². The number of nitrogens with zero attached hydrogens (tertiary/aromatic N) is 2. The average molecular weight is 280 g/mol. The van der Waals surface area contributed by atoms with E-state index in [1.807, 2.05) is 13.2 Å². The quantitative estimate of drug-likeness (QED) is 0.896. The summed E-state index contributed by atoms with van der Waals surface area (Å²) < 4.78 is 1.72. The van der Waals surface area contributed by atoms with Crippen LogP contribution in [0.2, 0.25) is 5.02 Å². The summed E-state index contributed by atoms with van der Waals surface area (Å²) >= 11 is 5.75. The van der Waals surface area contributed by atoms with Gasteiger partial charge in [-0.15, -0.1) is 0 Å². The summed E-state index contributed by atoms with van der Waals surface area (Å²) in [5.41, 5.74) is 1.49. The largest absolute Gasteiger partial charge is 0.506 e. The van der Waals surface area contributed by atoms with Crippen LogP contribution in [-0.4, -0.2) is 27.3 Å². The SMILES string of the molecule is Cn1cc(CCNC(=O)c2ccc(O)c(Cl)c2)cn1. The van der Waals surface area contributed by atoms with Crippen LogP contribution < -0.4 is 5.32 Å². The molecular formula is C13H14ClN3O2. The molecule has 19 heavy (non-hydrogen) atoms.